The van der Waals surface area contributed by atoms with Gasteiger partial charge in [0.1, 0.15) is 5.58 Å². The van der Waals surface area contributed by atoms with E-state index in [4.69, 9.17) is 4.42 Å². The van der Waals surface area contributed by atoms with Gasteiger partial charge in [-0.05, 0) is 74.8 Å². The molecule has 2 N–H and O–H groups in total. The van der Waals surface area contributed by atoms with E-state index in [0.717, 1.165) is 27.8 Å². The Morgan fingerprint density at radius 3 is 1.55 bits per heavy atom. The van der Waals surface area contributed by atoms with Crippen molar-refractivity contribution < 1.29 is 14.5 Å². The van der Waals surface area contributed by atoms with E-state index >= 15 is 0 Å². The zero-order valence-electron chi connectivity index (χ0n) is 26.9. The largest absolute Gasteiger partial charge is 0.492 e. The number of nitrogens with zero attached hydrogens (tertiary/aromatic N) is 1. The lowest BCUT2D eigenvalue weighted by Gasteiger charge is -2.29. The molecule has 2 aliphatic carbocycles. The van der Waals surface area contributed by atoms with Crippen molar-refractivity contribution in [2.24, 2.45) is 0 Å². The Hall–Kier alpha value is -5.10. The highest BCUT2D eigenvalue weighted by molar-refractivity contribution is 6.61. The summed E-state index contributed by atoms with van der Waals surface area (Å²) in [6, 6.07) is 42.8. The molecule has 1 aromatic heterocycles. The second-order valence-corrected chi connectivity index (χ2v) is 14.0. The van der Waals surface area contributed by atoms with E-state index in [1.165, 1.54) is 44.5 Å². The summed E-state index contributed by atoms with van der Waals surface area (Å²) in [5.41, 5.74) is 14.5. The number of benzene rings is 6. The van der Waals surface area contributed by atoms with Gasteiger partial charge in [0.2, 0.25) is 0 Å². The van der Waals surface area contributed by atoms with Crippen molar-refractivity contribution in [3.8, 4) is 22.3 Å². The standard InChI is InChI=1S/C42H34BNO3/c1-41(2)33-15-7-5-11-27(33)29-21-19-25(23-35(29)41)44(26-20-22-30-28-12-6-8-16-34(28)42(3,4)36(30)24-26)38-18-10-14-32-31-13-9-17-37(43(45)46)39(31)47-40(32)38/h5-24,45-46H,1-4H3. The van der Waals surface area contributed by atoms with Crippen LogP contribution in [0.2, 0.25) is 0 Å². The molecule has 7 aromatic rings. The lowest BCUT2D eigenvalue weighted by atomic mass is 9.79. The van der Waals surface area contributed by atoms with E-state index in [2.05, 4.69) is 130 Å². The number of rotatable bonds is 4. The molecule has 6 aromatic carbocycles. The van der Waals surface area contributed by atoms with Gasteiger partial charge in [-0.3, -0.25) is 0 Å². The molecule has 5 heteroatoms. The third-order valence-electron chi connectivity index (χ3n) is 10.7. The summed E-state index contributed by atoms with van der Waals surface area (Å²) in [6.07, 6.45) is 0. The average Bonchev–Trinajstić information content (AvgIpc) is 3.65. The van der Waals surface area contributed by atoms with Gasteiger partial charge in [0.05, 0.1) is 5.69 Å². The number of furan rings is 1. The van der Waals surface area contributed by atoms with E-state index in [9.17, 15) is 10.0 Å². The molecular formula is C42H34BNO3. The topological polar surface area (TPSA) is 56.8 Å². The smallest absolute Gasteiger partial charge is 0.454 e. The van der Waals surface area contributed by atoms with Crippen LogP contribution in [0.1, 0.15) is 49.9 Å². The number of anilines is 3. The first-order valence-electron chi connectivity index (χ1n) is 16.3. The first-order valence-corrected chi connectivity index (χ1v) is 16.3. The van der Waals surface area contributed by atoms with Crippen molar-refractivity contribution in [1.82, 2.24) is 0 Å². The molecule has 0 saturated heterocycles. The molecule has 0 atom stereocenters. The van der Waals surface area contributed by atoms with Crippen LogP contribution >= 0.6 is 0 Å². The maximum atomic E-state index is 10.2. The van der Waals surface area contributed by atoms with Gasteiger partial charge in [0.25, 0.3) is 0 Å². The molecule has 228 valence electrons. The molecule has 0 bridgehead atoms. The van der Waals surface area contributed by atoms with Crippen LogP contribution in [0.3, 0.4) is 0 Å². The predicted octanol–water partition coefficient (Wildman–Crippen LogP) is 9.35. The summed E-state index contributed by atoms with van der Waals surface area (Å²) in [7, 11) is -1.64. The van der Waals surface area contributed by atoms with Gasteiger partial charge in [-0.25, -0.2) is 0 Å². The molecule has 0 spiro atoms. The van der Waals surface area contributed by atoms with Crippen LogP contribution in [-0.4, -0.2) is 17.2 Å². The third-order valence-corrected chi connectivity index (χ3v) is 10.7. The lowest BCUT2D eigenvalue weighted by Crippen LogP contribution is -2.29. The predicted molar refractivity (Wildman–Crippen MR) is 193 cm³/mol. The van der Waals surface area contributed by atoms with Crippen LogP contribution in [0.15, 0.2) is 126 Å². The fourth-order valence-corrected chi connectivity index (χ4v) is 8.30. The van der Waals surface area contributed by atoms with Gasteiger partial charge >= 0.3 is 7.12 Å². The first-order chi connectivity index (χ1) is 22.7. The third kappa shape index (κ3) is 3.84. The SMILES string of the molecule is CC1(C)c2ccccc2-c2ccc(N(c3ccc4c(c3)C(C)(C)c3ccccc3-4)c3cccc4c3oc3c(B(O)O)cccc34)cc21. The van der Waals surface area contributed by atoms with Crippen molar-refractivity contribution in [1.29, 1.82) is 0 Å². The summed E-state index contributed by atoms with van der Waals surface area (Å²) in [5.74, 6) is 0. The number of hydrogen-bond acceptors (Lipinski definition) is 4. The molecule has 2 aliphatic rings. The van der Waals surface area contributed by atoms with Crippen molar-refractivity contribution in [2.75, 3.05) is 4.90 Å². The molecule has 0 amide bonds. The van der Waals surface area contributed by atoms with E-state index in [0.29, 0.717) is 16.6 Å². The highest BCUT2D eigenvalue weighted by Gasteiger charge is 2.38. The molecule has 0 aliphatic heterocycles. The Bertz CT molecular complexity index is 2310. The number of hydrogen-bond donors (Lipinski definition) is 2. The monoisotopic (exact) mass is 611 g/mol. The normalized spacial score (nSPS) is 14.9. The maximum Gasteiger partial charge on any atom is 0.492 e. The first kappa shape index (κ1) is 28.2. The van der Waals surface area contributed by atoms with Crippen molar-refractivity contribution >= 4 is 51.6 Å². The second kappa shape index (κ2) is 9.71. The van der Waals surface area contributed by atoms with Crippen LogP contribution in [0, 0.1) is 0 Å². The minimum absolute atomic E-state index is 0.160. The molecule has 0 unspecified atom stereocenters. The van der Waals surface area contributed by atoms with Crippen LogP contribution in [-0.2, 0) is 10.8 Å². The van der Waals surface area contributed by atoms with Crippen LogP contribution in [0.5, 0.6) is 0 Å². The summed E-state index contributed by atoms with van der Waals surface area (Å²) in [5, 5.41) is 22.2. The van der Waals surface area contributed by atoms with Crippen LogP contribution in [0.4, 0.5) is 17.1 Å². The molecule has 9 rings (SSSR count). The molecule has 0 radical (unpaired) electrons. The Morgan fingerprint density at radius 2 is 1.00 bits per heavy atom. The van der Waals surface area contributed by atoms with E-state index in [1.54, 1.807) is 6.07 Å². The maximum absolute atomic E-state index is 10.2. The van der Waals surface area contributed by atoms with Gasteiger partial charge in [-0.1, -0.05) is 119 Å². The van der Waals surface area contributed by atoms with Gasteiger partial charge in [0.15, 0.2) is 5.58 Å². The minimum Gasteiger partial charge on any atom is -0.454 e. The Labute approximate surface area is 274 Å². The lowest BCUT2D eigenvalue weighted by molar-refractivity contribution is 0.425. The molecular weight excluding hydrogens is 577 g/mol. The molecule has 0 saturated carbocycles. The van der Waals surface area contributed by atoms with E-state index in [-0.39, 0.29) is 10.8 Å². The highest BCUT2D eigenvalue weighted by atomic mass is 16.4. The van der Waals surface area contributed by atoms with E-state index < -0.39 is 7.12 Å². The van der Waals surface area contributed by atoms with Crippen LogP contribution < -0.4 is 10.4 Å². The quantitative estimate of drug-likeness (QED) is 0.195. The zero-order chi connectivity index (χ0) is 32.2. The summed E-state index contributed by atoms with van der Waals surface area (Å²) >= 11 is 0. The fourth-order valence-electron chi connectivity index (χ4n) is 8.30. The Morgan fingerprint density at radius 1 is 0.511 bits per heavy atom. The van der Waals surface area contributed by atoms with E-state index in [1.807, 2.05) is 18.2 Å². The molecule has 4 nitrogen and oxygen atoms in total. The molecule has 0 fully saturated rings. The van der Waals surface area contributed by atoms with Crippen molar-refractivity contribution in [3.63, 3.8) is 0 Å². The van der Waals surface area contributed by atoms with Gasteiger partial charge in [-0.15, -0.1) is 0 Å². The highest BCUT2D eigenvalue weighted by Crippen LogP contribution is 2.53. The summed E-state index contributed by atoms with van der Waals surface area (Å²) in [6.45, 7) is 9.23. The Kier molecular flexibility index (Phi) is 5.82. The Balaban J connectivity index is 1.31. The van der Waals surface area contributed by atoms with Gasteiger partial charge < -0.3 is 19.4 Å². The molecule has 47 heavy (non-hydrogen) atoms. The second-order valence-electron chi connectivity index (χ2n) is 14.0. The number of para-hydroxylation sites is 2. The van der Waals surface area contributed by atoms with Crippen LogP contribution in [0.25, 0.3) is 44.2 Å². The minimum atomic E-state index is -1.64. The zero-order valence-corrected chi connectivity index (χ0v) is 26.9. The average molecular weight is 612 g/mol. The fraction of sp³-hybridized carbons (Fsp3) is 0.143. The van der Waals surface area contributed by atoms with Gasteiger partial charge in [0, 0.05) is 38.4 Å². The van der Waals surface area contributed by atoms with Crippen molar-refractivity contribution in [2.45, 2.75) is 38.5 Å². The number of fused-ring (bicyclic) bond motifs is 9. The summed E-state index contributed by atoms with van der Waals surface area (Å²) < 4.78 is 6.61. The van der Waals surface area contributed by atoms with Crippen molar-refractivity contribution in [3.05, 3.63) is 144 Å². The van der Waals surface area contributed by atoms with Gasteiger partial charge in [-0.2, -0.15) is 0 Å². The molecule has 1 heterocycles. The summed E-state index contributed by atoms with van der Waals surface area (Å²) in [4.78, 5) is 2.30.